The summed E-state index contributed by atoms with van der Waals surface area (Å²) in [5.74, 6) is 0.791. The van der Waals surface area contributed by atoms with Crippen LogP contribution in [-0.2, 0) is 6.42 Å². The predicted molar refractivity (Wildman–Crippen MR) is 101 cm³/mol. The van der Waals surface area contributed by atoms with Gasteiger partial charge in [-0.15, -0.1) is 0 Å². The van der Waals surface area contributed by atoms with E-state index in [0.29, 0.717) is 0 Å². The van der Waals surface area contributed by atoms with Crippen molar-refractivity contribution in [2.75, 3.05) is 13.1 Å². The number of aliphatic hydroxyl groups is 2. The van der Waals surface area contributed by atoms with Gasteiger partial charge in [0.15, 0.2) is 0 Å². The topological polar surface area (TPSA) is 43.7 Å². The summed E-state index contributed by atoms with van der Waals surface area (Å²) in [5.41, 5.74) is 0.693. The lowest BCUT2D eigenvalue weighted by molar-refractivity contribution is -0.236. The molecule has 1 saturated heterocycles. The Morgan fingerprint density at radius 2 is 1.72 bits per heavy atom. The molecule has 138 valence electrons. The maximum atomic E-state index is 11.7. The zero-order valence-corrected chi connectivity index (χ0v) is 15.6. The number of nitrogens with zero attached hydrogens (tertiary/aromatic N) is 1. The second-order valence-corrected chi connectivity index (χ2v) is 8.91. The number of hydrogen-bond acceptors (Lipinski definition) is 3. The SMILES string of the molecule is Cc1ccc(C[C@@H]2N(CC3CCC3)CC[C@@]3(O)CCCC[C@]23O)cc1. The quantitative estimate of drug-likeness (QED) is 0.880. The van der Waals surface area contributed by atoms with E-state index < -0.39 is 11.2 Å². The van der Waals surface area contributed by atoms with Crippen molar-refractivity contribution in [2.24, 2.45) is 5.92 Å². The molecule has 1 aliphatic heterocycles. The fourth-order valence-corrected chi connectivity index (χ4v) is 5.34. The number of likely N-dealkylation sites (tertiary alicyclic amines) is 1. The first kappa shape index (κ1) is 17.5. The maximum absolute atomic E-state index is 11.7. The Hall–Kier alpha value is -0.900. The van der Waals surface area contributed by atoms with Gasteiger partial charge in [0.2, 0.25) is 0 Å². The van der Waals surface area contributed by atoms with Crippen molar-refractivity contribution in [1.29, 1.82) is 0 Å². The van der Waals surface area contributed by atoms with Crippen molar-refractivity contribution in [1.82, 2.24) is 4.90 Å². The van der Waals surface area contributed by atoms with Gasteiger partial charge in [0, 0.05) is 19.1 Å². The molecule has 3 nitrogen and oxygen atoms in total. The third-order valence-corrected chi connectivity index (χ3v) is 7.28. The molecule has 25 heavy (non-hydrogen) atoms. The van der Waals surface area contributed by atoms with Gasteiger partial charge >= 0.3 is 0 Å². The van der Waals surface area contributed by atoms with Crippen molar-refractivity contribution in [3.05, 3.63) is 35.4 Å². The molecule has 2 saturated carbocycles. The summed E-state index contributed by atoms with van der Waals surface area (Å²) in [5, 5.41) is 23.0. The molecule has 3 aliphatic rings. The van der Waals surface area contributed by atoms with Gasteiger partial charge in [-0.1, -0.05) is 49.1 Å². The number of rotatable bonds is 4. The standard InChI is InChI=1S/C22H33NO2/c1-17-7-9-18(10-8-17)15-20-22(25)12-3-2-11-21(22,24)13-14-23(20)16-19-5-4-6-19/h7-10,19-20,24-25H,2-6,11-16H2,1H3/t20-,21-,22-/m0/s1. The van der Waals surface area contributed by atoms with Crippen LogP contribution in [0, 0.1) is 12.8 Å². The fraction of sp³-hybridized carbons (Fsp3) is 0.727. The summed E-state index contributed by atoms with van der Waals surface area (Å²) in [6, 6.07) is 8.74. The highest BCUT2D eigenvalue weighted by atomic mass is 16.4. The smallest absolute Gasteiger partial charge is 0.109 e. The molecule has 1 aromatic rings. The van der Waals surface area contributed by atoms with Crippen LogP contribution in [0.15, 0.2) is 24.3 Å². The maximum Gasteiger partial charge on any atom is 0.109 e. The van der Waals surface area contributed by atoms with Gasteiger partial charge in [-0.2, -0.15) is 0 Å². The summed E-state index contributed by atoms with van der Waals surface area (Å²) in [7, 11) is 0. The first-order valence-corrected chi connectivity index (χ1v) is 10.2. The molecule has 2 N–H and O–H groups in total. The molecule has 4 rings (SSSR count). The minimum absolute atomic E-state index is 0.0369. The lowest BCUT2D eigenvalue weighted by atomic mass is 9.62. The van der Waals surface area contributed by atoms with Gasteiger partial charge in [-0.3, -0.25) is 4.90 Å². The molecule has 3 atom stereocenters. The predicted octanol–water partition coefficient (Wildman–Crippen LogP) is 3.45. The van der Waals surface area contributed by atoms with Crippen molar-refractivity contribution < 1.29 is 10.2 Å². The molecule has 1 heterocycles. The molecule has 0 unspecified atom stereocenters. The van der Waals surface area contributed by atoms with Gasteiger partial charge in [-0.25, -0.2) is 0 Å². The van der Waals surface area contributed by atoms with E-state index in [1.807, 2.05) is 0 Å². The normalized spacial score (nSPS) is 36.7. The summed E-state index contributed by atoms with van der Waals surface area (Å²) in [6.45, 7) is 4.13. The highest BCUT2D eigenvalue weighted by Gasteiger charge is 2.59. The second-order valence-electron chi connectivity index (χ2n) is 8.91. The lowest BCUT2D eigenvalue weighted by Gasteiger charge is -2.58. The molecule has 0 radical (unpaired) electrons. The lowest BCUT2D eigenvalue weighted by Crippen LogP contribution is -2.72. The average Bonchev–Trinajstić information content (AvgIpc) is 2.56. The third kappa shape index (κ3) is 3.15. The van der Waals surface area contributed by atoms with Gasteiger partial charge in [0.25, 0.3) is 0 Å². The van der Waals surface area contributed by atoms with E-state index in [4.69, 9.17) is 0 Å². The first-order chi connectivity index (χ1) is 12.0. The average molecular weight is 344 g/mol. The second kappa shape index (κ2) is 6.68. The zero-order chi connectivity index (χ0) is 17.5. The molecule has 0 aromatic heterocycles. The van der Waals surface area contributed by atoms with Crippen molar-refractivity contribution in [2.45, 2.75) is 82.0 Å². The Morgan fingerprint density at radius 1 is 1.00 bits per heavy atom. The van der Waals surface area contributed by atoms with Crippen LogP contribution in [0.2, 0.25) is 0 Å². The molecular weight excluding hydrogens is 310 g/mol. The highest BCUT2D eigenvalue weighted by molar-refractivity contribution is 5.24. The number of hydrogen-bond donors (Lipinski definition) is 2. The highest BCUT2D eigenvalue weighted by Crippen LogP contribution is 2.47. The molecule has 0 bridgehead atoms. The third-order valence-electron chi connectivity index (χ3n) is 7.28. The number of aryl methyl sites for hydroxylation is 1. The monoisotopic (exact) mass is 343 g/mol. The van der Waals surface area contributed by atoms with E-state index in [0.717, 1.165) is 57.5 Å². The largest absolute Gasteiger partial charge is 0.387 e. The summed E-state index contributed by atoms with van der Waals surface area (Å²) in [6.07, 6.45) is 9.14. The van der Waals surface area contributed by atoms with Crippen LogP contribution in [0.4, 0.5) is 0 Å². The summed E-state index contributed by atoms with van der Waals surface area (Å²) in [4.78, 5) is 2.52. The van der Waals surface area contributed by atoms with Crippen LogP contribution in [-0.4, -0.2) is 45.4 Å². The van der Waals surface area contributed by atoms with Gasteiger partial charge < -0.3 is 10.2 Å². The molecule has 3 fully saturated rings. The molecule has 0 amide bonds. The van der Waals surface area contributed by atoms with Crippen LogP contribution >= 0.6 is 0 Å². The van der Waals surface area contributed by atoms with Gasteiger partial charge in [0.05, 0.1) is 5.60 Å². The Labute approximate surface area is 152 Å². The molecule has 2 aliphatic carbocycles. The molecule has 1 aromatic carbocycles. The summed E-state index contributed by atoms with van der Waals surface area (Å²) < 4.78 is 0. The van der Waals surface area contributed by atoms with Crippen LogP contribution in [0.1, 0.15) is 62.5 Å². The van der Waals surface area contributed by atoms with Crippen LogP contribution < -0.4 is 0 Å². The Morgan fingerprint density at radius 3 is 2.40 bits per heavy atom. The zero-order valence-electron chi connectivity index (χ0n) is 15.6. The van der Waals surface area contributed by atoms with E-state index in [-0.39, 0.29) is 6.04 Å². The summed E-state index contributed by atoms with van der Waals surface area (Å²) >= 11 is 0. The molecule has 3 heteroatoms. The van der Waals surface area contributed by atoms with Crippen molar-refractivity contribution in [3.8, 4) is 0 Å². The van der Waals surface area contributed by atoms with Crippen LogP contribution in [0.5, 0.6) is 0 Å². The number of piperidine rings is 1. The van der Waals surface area contributed by atoms with Crippen molar-refractivity contribution >= 4 is 0 Å². The van der Waals surface area contributed by atoms with E-state index in [2.05, 4.69) is 36.1 Å². The Kier molecular flexibility index (Phi) is 4.68. The Balaban J connectivity index is 1.62. The number of fused-ring (bicyclic) bond motifs is 1. The van der Waals surface area contributed by atoms with Crippen LogP contribution in [0.3, 0.4) is 0 Å². The fourth-order valence-electron chi connectivity index (χ4n) is 5.34. The van der Waals surface area contributed by atoms with E-state index >= 15 is 0 Å². The number of benzene rings is 1. The minimum atomic E-state index is -0.960. The van der Waals surface area contributed by atoms with E-state index in [1.54, 1.807) is 0 Å². The molecular formula is C22H33NO2. The van der Waals surface area contributed by atoms with E-state index in [1.165, 1.54) is 30.4 Å². The Bertz CT molecular complexity index is 597. The van der Waals surface area contributed by atoms with Crippen molar-refractivity contribution in [3.63, 3.8) is 0 Å². The van der Waals surface area contributed by atoms with Gasteiger partial charge in [0.1, 0.15) is 5.60 Å². The first-order valence-electron chi connectivity index (χ1n) is 10.2. The van der Waals surface area contributed by atoms with Crippen LogP contribution in [0.25, 0.3) is 0 Å². The van der Waals surface area contributed by atoms with Gasteiger partial charge in [-0.05, 0) is 56.9 Å². The van der Waals surface area contributed by atoms with E-state index in [9.17, 15) is 10.2 Å². The minimum Gasteiger partial charge on any atom is -0.387 e. The molecule has 0 spiro atoms.